The lowest BCUT2D eigenvalue weighted by atomic mass is 10.1. The maximum Gasteiger partial charge on any atom is 0.244 e. The molecule has 1 aliphatic rings. The quantitative estimate of drug-likeness (QED) is 0.475. The van der Waals surface area contributed by atoms with E-state index in [2.05, 4.69) is 4.98 Å². The number of fused-ring (bicyclic) bond motifs is 1. The molecule has 0 spiro atoms. The summed E-state index contributed by atoms with van der Waals surface area (Å²) in [5.74, 6) is -0.00980. The Kier molecular flexibility index (Phi) is 6.83. The Balaban J connectivity index is 1.50. The topological polar surface area (TPSA) is 70.6 Å². The molecule has 2 heterocycles. The van der Waals surface area contributed by atoms with Crippen LogP contribution in [0.2, 0.25) is 0 Å². The smallest absolute Gasteiger partial charge is 0.244 e. The van der Waals surface area contributed by atoms with Gasteiger partial charge in [0.05, 0.1) is 16.0 Å². The van der Waals surface area contributed by atoms with Crippen molar-refractivity contribution in [3.8, 4) is 0 Å². The molecule has 3 aromatic rings. The van der Waals surface area contributed by atoms with Gasteiger partial charge >= 0.3 is 0 Å². The molecule has 0 unspecified atom stereocenters. The summed E-state index contributed by atoms with van der Waals surface area (Å²) in [6.45, 7) is 5.50. The Labute approximate surface area is 193 Å². The highest BCUT2D eigenvalue weighted by atomic mass is 32.2. The van der Waals surface area contributed by atoms with E-state index in [0.717, 1.165) is 29.3 Å². The molecule has 0 radical (unpaired) electrons. The average molecular weight is 470 g/mol. The molecule has 1 aromatic heterocycles. The predicted molar refractivity (Wildman–Crippen MR) is 130 cm³/mol. The number of nitrogens with zero attached hydrogens (tertiary/aromatic N) is 3. The number of thioether (sulfide) groups is 1. The van der Waals surface area contributed by atoms with Crippen molar-refractivity contribution in [1.29, 1.82) is 0 Å². The minimum atomic E-state index is -3.49. The number of amides is 1. The van der Waals surface area contributed by atoms with Crippen LogP contribution in [-0.2, 0) is 14.8 Å². The van der Waals surface area contributed by atoms with Crippen LogP contribution in [-0.4, -0.2) is 48.5 Å². The van der Waals surface area contributed by atoms with Gasteiger partial charge in [0.25, 0.3) is 0 Å². The van der Waals surface area contributed by atoms with Crippen molar-refractivity contribution in [3.05, 3.63) is 60.8 Å². The summed E-state index contributed by atoms with van der Waals surface area (Å²) in [5, 5.41) is 2.38. The average Bonchev–Trinajstić information content (AvgIpc) is 3.36. The molecule has 0 N–H and O–H groups in total. The minimum Gasteiger partial charge on any atom is -0.311 e. The molecule has 6 nitrogen and oxygen atoms in total. The molecule has 1 amide bonds. The first-order valence-corrected chi connectivity index (χ1v) is 13.2. The van der Waals surface area contributed by atoms with Crippen molar-refractivity contribution in [2.75, 3.05) is 24.5 Å². The van der Waals surface area contributed by atoms with E-state index in [1.165, 1.54) is 22.3 Å². The standard InChI is InChI=1S/C24H27N3O3S2/c1-3-27(22-12-8-10-19-9-4-5-11-21(19)22)24(28)18(2)31-23-14-13-20(17-25-23)32(29,30)26-15-6-7-16-26/h4-5,8-14,17-18H,3,6-7,15-16H2,1-2H3/t18-/m0/s1. The number of sulfonamides is 1. The molecule has 0 bridgehead atoms. The van der Waals surface area contributed by atoms with Crippen LogP contribution in [0.4, 0.5) is 5.69 Å². The number of aromatic nitrogens is 1. The number of hydrogen-bond acceptors (Lipinski definition) is 5. The van der Waals surface area contributed by atoms with Gasteiger partial charge in [-0.1, -0.05) is 48.2 Å². The highest BCUT2D eigenvalue weighted by molar-refractivity contribution is 8.00. The normalized spacial score (nSPS) is 15.7. The summed E-state index contributed by atoms with van der Waals surface area (Å²) in [6.07, 6.45) is 3.19. The van der Waals surface area contributed by atoms with Gasteiger partial charge in [-0.15, -0.1) is 0 Å². The lowest BCUT2D eigenvalue weighted by Crippen LogP contribution is -2.36. The van der Waals surface area contributed by atoms with Crippen LogP contribution < -0.4 is 4.90 Å². The number of carbonyl (C=O) groups excluding carboxylic acids is 1. The number of rotatable bonds is 7. The van der Waals surface area contributed by atoms with Crippen molar-refractivity contribution >= 4 is 44.2 Å². The van der Waals surface area contributed by atoms with Gasteiger partial charge in [0.15, 0.2) is 0 Å². The molecule has 2 aromatic carbocycles. The fourth-order valence-corrected chi connectivity index (χ4v) is 6.32. The summed E-state index contributed by atoms with van der Waals surface area (Å²) in [5.41, 5.74) is 0.892. The van der Waals surface area contributed by atoms with Crippen LogP contribution in [0.1, 0.15) is 26.7 Å². The van der Waals surface area contributed by atoms with E-state index in [9.17, 15) is 13.2 Å². The monoisotopic (exact) mass is 469 g/mol. The first kappa shape index (κ1) is 22.8. The third-order valence-electron chi connectivity index (χ3n) is 5.70. The number of hydrogen-bond donors (Lipinski definition) is 0. The van der Waals surface area contributed by atoms with Crippen molar-refractivity contribution in [3.63, 3.8) is 0 Å². The summed E-state index contributed by atoms with van der Waals surface area (Å²) in [4.78, 5) is 19.6. The van der Waals surface area contributed by atoms with Crippen LogP contribution in [0.5, 0.6) is 0 Å². The van der Waals surface area contributed by atoms with Gasteiger partial charge in [0, 0.05) is 31.2 Å². The summed E-state index contributed by atoms with van der Waals surface area (Å²) in [7, 11) is -3.49. The van der Waals surface area contributed by atoms with Crippen LogP contribution in [0.25, 0.3) is 10.8 Å². The third-order valence-corrected chi connectivity index (χ3v) is 8.62. The molecule has 0 aliphatic carbocycles. The molecule has 1 atom stereocenters. The lowest BCUT2D eigenvalue weighted by molar-refractivity contribution is -0.117. The van der Waals surface area contributed by atoms with E-state index in [1.54, 1.807) is 17.0 Å². The highest BCUT2D eigenvalue weighted by Gasteiger charge is 2.28. The van der Waals surface area contributed by atoms with E-state index >= 15 is 0 Å². The second kappa shape index (κ2) is 9.60. The molecule has 0 saturated carbocycles. The number of pyridine rings is 1. The van der Waals surface area contributed by atoms with E-state index in [-0.39, 0.29) is 16.1 Å². The predicted octanol–water partition coefficient (Wildman–Crippen LogP) is 4.55. The zero-order chi connectivity index (χ0) is 22.7. The van der Waals surface area contributed by atoms with Crippen LogP contribution in [0, 0.1) is 0 Å². The zero-order valence-electron chi connectivity index (χ0n) is 18.3. The first-order valence-electron chi connectivity index (χ1n) is 10.8. The van der Waals surface area contributed by atoms with Crippen molar-refractivity contribution in [1.82, 2.24) is 9.29 Å². The van der Waals surface area contributed by atoms with Crippen molar-refractivity contribution in [2.24, 2.45) is 0 Å². The van der Waals surface area contributed by atoms with Gasteiger partial charge in [0.2, 0.25) is 15.9 Å². The summed E-state index contributed by atoms with van der Waals surface area (Å²) >= 11 is 1.34. The van der Waals surface area contributed by atoms with Crippen LogP contribution in [0.3, 0.4) is 0 Å². The fraction of sp³-hybridized carbons (Fsp3) is 0.333. The van der Waals surface area contributed by atoms with Gasteiger partial charge in [-0.05, 0) is 50.3 Å². The zero-order valence-corrected chi connectivity index (χ0v) is 19.9. The minimum absolute atomic E-state index is 0.00980. The van der Waals surface area contributed by atoms with E-state index in [4.69, 9.17) is 0 Å². The van der Waals surface area contributed by atoms with Gasteiger partial charge in [0.1, 0.15) is 4.90 Å². The maximum atomic E-state index is 13.3. The van der Waals surface area contributed by atoms with Gasteiger partial charge in [-0.2, -0.15) is 4.31 Å². The van der Waals surface area contributed by atoms with Gasteiger partial charge < -0.3 is 4.90 Å². The largest absolute Gasteiger partial charge is 0.311 e. The molecule has 8 heteroatoms. The van der Waals surface area contributed by atoms with E-state index in [1.807, 2.05) is 56.3 Å². The van der Waals surface area contributed by atoms with Gasteiger partial charge in [-0.25, -0.2) is 13.4 Å². The summed E-state index contributed by atoms with van der Waals surface area (Å²) in [6, 6.07) is 17.3. The van der Waals surface area contributed by atoms with Crippen molar-refractivity contribution < 1.29 is 13.2 Å². The Morgan fingerprint density at radius 3 is 2.50 bits per heavy atom. The summed E-state index contributed by atoms with van der Waals surface area (Å²) < 4.78 is 26.9. The second-order valence-corrected chi connectivity index (χ2v) is 11.1. The first-order chi connectivity index (χ1) is 15.4. The number of anilines is 1. The Morgan fingerprint density at radius 2 is 1.81 bits per heavy atom. The van der Waals surface area contributed by atoms with Crippen molar-refractivity contribution in [2.45, 2.75) is 41.9 Å². The molecule has 32 heavy (non-hydrogen) atoms. The van der Waals surface area contributed by atoms with Gasteiger partial charge in [-0.3, -0.25) is 4.79 Å². The molecular weight excluding hydrogens is 442 g/mol. The second-order valence-electron chi connectivity index (χ2n) is 7.78. The molecular formula is C24H27N3O3S2. The Hall–Kier alpha value is -2.42. The number of carbonyl (C=O) groups is 1. The van der Waals surface area contributed by atoms with Crippen LogP contribution in [0.15, 0.2) is 70.7 Å². The highest BCUT2D eigenvalue weighted by Crippen LogP contribution is 2.30. The molecule has 4 rings (SSSR count). The van der Waals surface area contributed by atoms with E-state index < -0.39 is 10.0 Å². The molecule has 1 fully saturated rings. The third kappa shape index (κ3) is 4.53. The lowest BCUT2D eigenvalue weighted by Gasteiger charge is -2.25. The maximum absolute atomic E-state index is 13.3. The molecule has 168 valence electrons. The molecule has 1 aliphatic heterocycles. The Morgan fingerprint density at radius 1 is 1.09 bits per heavy atom. The number of benzene rings is 2. The molecule has 1 saturated heterocycles. The SMILES string of the molecule is CCN(C(=O)[C@H](C)Sc1ccc(S(=O)(=O)N2CCCC2)cn1)c1cccc2ccccc12. The Bertz CT molecular complexity index is 1200. The fourth-order valence-electron chi connectivity index (χ4n) is 4.01. The van der Waals surface area contributed by atoms with Crippen LogP contribution >= 0.6 is 11.8 Å². The van der Waals surface area contributed by atoms with E-state index in [0.29, 0.717) is 24.7 Å².